The monoisotopic (exact) mass is 597 g/mol. The second kappa shape index (κ2) is 17.4. The molecular formula is C30H47NO11. The van der Waals surface area contributed by atoms with Crippen LogP contribution in [0.3, 0.4) is 0 Å². The van der Waals surface area contributed by atoms with Crippen LogP contribution >= 0.6 is 0 Å². The summed E-state index contributed by atoms with van der Waals surface area (Å²) in [5, 5.41) is 12.6. The third-order valence-electron chi connectivity index (χ3n) is 6.47. The molecule has 0 aromatic heterocycles. The molecule has 0 amide bonds. The molecule has 42 heavy (non-hydrogen) atoms. The first kappa shape index (κ1) is 36.5. The minimum Gasteiger partial charge on any atom is -0.480 e. The molecule has 0 saturated carbocycles. The van der Waals surface area contributed by atoms with Gasteiger partial charge in [-0.05, 0) is 78.0 Å². The SMILES string of the molecule is CCCCCOC(=O)OC(C)CN[C@@H](Cc1ccc(OC(=O)OC(C)(C)CC)c(OC(=O)OC(C)(C)CC)c1)C(=O)O. The molecule has 2 N–H and O–H groups in total. The fourth-order valence-electron chi connectivity index (χ4n) is 3.20. The van der Waals surface area contributed by atoms with Crippen LogP contribution in [0.25, 0.3) is 0 Å². The molecule has 1 aromatic rings. The van der Waals surface area contributed by atoms with Crippen LogP contribution in [0.2, 0.25) is 0 Å². The number of rotatable bonds is 17. The van der Waals surface area contributed by atoms with Crippen LogP contribution in [0.1, 0.15) is 93.1 Å². The average Bonchev–Trinajstić information content (AvgIpc) is 2.89. The number of carboxylic acid groups (broad SMARTS) is 1. The smallest absolute Gasteiger partial charge is 0.480 e. The first-order chi connectivity index (χ1) is 19.6. The highest BCUT2D eigenvalue weighted by molar-refractivity contribution is 5.74. The van der Waals surface area contributed by atoms with Gasteiger partial charge in [0.25, 0.3) is 0 Å². The topological polar surface area (TPSA) is 156 Å². The van der Waals surface area contributed by atoms with Crippen molar-refractivity contribution < 1.29 is 52.7 Å². The number of carbonyl (C=O) groups is 4. The summed E-state index contributed by atoms with van der Waals surface area (Å²) in [6, 6.07) is 3.21. The molecule has 238 valence electrons. The lowest BCUT2D eigenvalue weighted by molar-refractivity contribution is -0.139. The van der Waals surface area contributed by atoms with E-state index < -0.39 is 47.8 Å². The Morgan fingerprint density at radius 3 is 1.95 bits per heavy atom. The van der Waals surface area contributed by atoms with Crippen LogP contribution in [-0.4, -0.2) is 66.0 Å². The number of carboxylic acids is 1. The van der Waals surface area contributed by atoms with E-state index in [2.05, 4.69) is 5.32 Å². The summed E-state index contributed by atoms with van der Waals surface area (Å²) < 4.78 is 31.6. The molecule has 0 heterocycles. The van der Waals surface area contributed by atoms with Gasteiger partial charge in [-0.25, -0.2) is 14.4 Å². The van der Waals surface area contributed by atoms with Gasteiger partial charge in [0.15, 0.2) is 11.5 Å². The van der Waals surface area contributed by atoms with Crippen molar-refractivity contribution in [2.24, 2.45) is 0 Å². The maximum absolute atomic E-state index is 12.5. The van der Waals surface area contributed by atoms with E-state index in [0.717, 1.165) is 19.3 Å². The maximum Gasteiger partial charge on any atom is 0.514 e. The van der Waals surface area contributed by atoms with E-state index in [9.17, 15) is 24.3 Å². The van der Waals surface area contributed by atoms with Gasteiger partial charge in [0.1, 0.15) is 23.3 Å². The molecule has 0 aliphatic heterocycles. The van der Waals surface area contributed by atoms with Crippen molar-refractivity contribution in [2.45, 2.75) is 117 Å². The second-order valence-electron chi connectivity index (χ2n) is 11.2. The summed E-state index contributed by atoms with van der Waals surface area (Å²) in [7, 11) is 0. The van der Waals surface area contributed by atoms with Crippen LogP contribution < -0.4 is 14.8 Å². The molecule has 0 aliphatic carbocycles. The fourth-order valence-corrected chi connectivity index (χ4v) is 3.20. The Bertz CT molecular complexity index is 1040. The van der Waals surface area contributed by atoms with Gasteiger partial charge in [0.05, 0.1) is 6.61 Å². The van der Waals surface area contributed by atoms with Crippen molar-refractivity contribution in [3.8, 4) is 11.5 Å². The van der Waals surface area contributed by atoms with Gasteiger partial charge in [-0.15, -0.1) is 0 Å². The van der Waals surface area contributed by atoms with Crippen molar-refractivity contribution in [2.75, 3.05) is 13.2 Å². The number of hydrogen-bond donors (Lipinski definition) is 2. The Morgan fingerprint density at radius 2 is 1.43 bits per heavy atom. The van der Waals surface area contributed by atoms with Gasteiger partial charge in [0, 0.05) is 6.54 Å². The molecule has 0 radical (unpaired) electrons. The predicted molar refractivity (Wildman–Crippen MR) is 154 cm³/mol. The Morgan fingerprint density at radius 1 is 0.857 bits per heavy atom. The largest absolute Gasteiger partial charge is 0.514 e. The lowest BCUT2D eigenvalue weighted by atomic mass is 10.0. The minimum atomic E-state index is -1.15. The number of ether oxygens (including phenoxy) is 6. The third kappa shape index (κ3) is 14.4. The van der Waals surface area contributed by atoms with E-state index >= 15 is 0 Å². The van der Waals surface area contributed by atoms with Crippen LogP contribution in [-0.2, 0) is 30.2 Å². The number of hydrogen-bond acceptors (Lipinski definition) is 11. The van der Waals surface area contributed by atoms with E-state index in [4.69, 9.17) is 28.4 Å². The standard InChI is InChI=1S/C30H47NO11/c1-9-12-13-16-37-26(34)38-20(4)19-31-22(25(32)33)17-21-14-15-23(39-27(35)41-29(5,6)10-2)24(18-21)40-28(36)42-30(7,8)11-3/h14-15,18,20,22,31H,9-13,16-17,19H2,1-8H3,(H,32,33)/t20?,22-/m0/s1. The molecule has 2 atom stereocenters. The Labute approximate surface area is 248 Å². The zero-order chi connectivity index (χ0) is 31.9. The number of aliphatic carboxylic acids is 1. The molecule has 1 aromatic carbocycles. The Balaban J connectivity index is 3.02. The van der Waals surface area contributed by atoms with Gasteiger partial charge in [-0.1, -0.05) is 39.7 Å². The van der Waals surface area contributed by atoms with E-state index in [1.807, 2.05) is 20.8 Å². The van der Waals surface area contributed by atoms with Crippen molar-refractivity contribution >= 4 is 24.4 Å². The molecule has 12 heteroatoms. The molecule has 0 spiro atoms. The van der Waals surface area contributed by atoms with E-state index in [-0.39, 0.29) is 31.1 Å². The van der Waals surface area contributed by atoms with Gasteiger partial charge in [-0.3, -0.25) is 4.79 Å². The normalized spacial score (nSPS) is 13.0. The average molecular weight is 598 g/mol. The van der Waals surface area contributed by atoms with Crippen LogP contribution in [0.15, 0.2) is 18.2 Å². The molecular weight excluding hydrogens is 550 g/mol. The van der Waals surface area contributed by atoms with Crippen LogP contribution in [0.5, 0.6) is 11.5 Å². The molecule has 0 aliphatic rings. The number of nitrogens with one attached hydrogen (secondary N) is 1. The molecule has 12 nitrogen and oxygen atoms in total. The second-order valence-corrected chi connectivity index (χ2v) is 11.2. The van der Waals surface area contributed by atoms with Crippen molar-refractivity contribution in [1.29, 1.82) is 0 Å². The quantitative estimate of drug-likeness (QED) is 0.0881. The van der Waals surface area contributed by atoms with E-state index in [1.54, 1.807) is 34.6 Å². The summed E-state index contributed by atoms with van der Waals surface area (Å²) in [5.74, 6) is -1.41. The molecule has 0 saturated heterocycles. The molecule has 0 bridgehead atoms. The van der Waals surface area contributed by atoms with Gasteiger partial charge in [0.2, 0.25) is 0 Å². The molecule has 0 fully saturated rings. The zero-order valence-electron chi connectivity index (χ0n) is 26.1. The maximum atomic E-state index is 12.5. The van der Waals surface area contributed by atoms with Gasteiger partial charge < -0.3 is 38.8 Å². The van der Waals surface area contributed by atoms with Crippen LogP contribution in [0.4, 0.5) is 14.4 Å². The Hall–Kier alpha value is -3.54. The highest BCUT2D eigenvalue weighted by Gasteiger charge is 2.27. The summed E-state index contributed by atoms with van der Waals surface area (Å²) in [4.78, 5) is 48.8. The van der Waals surface area contributed by atoms with E-state index in [1.165, 1.54) is 18.2 Å². The number of unbranched alkanes of at least 4 members (excludes halogenated alkanes) is 2. The minimum absolute atomic E-state index is 0.0387. The lowest BCUT2D eigenvalue weighted by Crippen LogP contribution is -2.42. The van der Waals surface area contributed by atoms with Crippen LogP contribution in [0, 0.1) is 0 Å². The summed E-state index contributed by atoms with van der Waals surface area (Å²) in [6.45, 7) is 14.5. The third-order valence-corrected chi connectivity index (χ3v) is 6.47. The first-order valence-electron chi connectivity index (χ1n) is 14.4. The first-order valence-corrected chi connectivity index (χ1v) is 14.4. The highest BCUT2D eigenvalue weighted by Crippen LogP contribution is 2.31. The van der Waals surface area contributed by atoms with E-state index in [0.29, 0.717) is 18.4 Å². The summed E-state index contributed by atoms with van der Waals surface area (Å²) >= 11 is 0. The number of benzene rings is 1. The Kier molecular flexibility index (Phi) is 15.1. The summed E-state index contributed by atoms with van der Waals surface area (Å²) in [6.07, 6.45) is 0.192. The predicted octanol–water partition coefficient (Wildman–Crippen LogP) is 6.41. The van der Waals surface area contributed by atoms with Crippen molar-refractivity contribution in [3.05, 3.63) is 23.8 Å². The molecule has 1 rings (SSSR count). The number of carbonyl (C=O) groups excluding carboxylic acids is 3. The van der Waals surface area contributed by atoms with Crippen molar-refractivity contribution in [3.63, 3.8) is 0 Å². The zero-order valence-corrected chi connectivity index (χ0v) is 26.1. The summed E-state index contributed by atoms with van der Waals surface area (Å²) in [5.41, 5.74) is -1.14. The van der Waals surface area contributed by atoms with Gasteiger partial charge >= 0.3 is 24.4 Å². The fraction of sp³-hybridized carbons (Fsp3) is 0.667. The highest BCUT2D eigenvalue weighted by atomic mass is 16.8. The van der Waals surface area contributed by atoms with Gasteiger partial charge in [-0.2, -0.15) is 0 Å². The lowest BCUT2D eigenvalue weighted by Gasteiger charge is -2.24. The van der Waals surface area contributed by atoms with Crippen molar-refractivity contribution in [1.82, 2.24) is 5.32 Å². The molecule has 1 unspecified atom stereocenters.